The van der Waals surface area contributed by atoms with Gasteiger partial charge in [-0.25, -0.2) is 4.79 Å². The first-order valence-corrected chi connectivity index (χ1v) is 6.95. The van der Waals surface area contributed by atoms with E-state index in [2.05, 4.69) is 9.44 Å². The molecule has 7 heteroatoms. The Labute approximate surface area is 106 Å². The van der Waals surface area contributed by atoms with Crippen LogP contribution in [0.15, 0.2) is 18.2 Å². The lowest BCUT2D eigenvalue weighted by atomic mass is 10.1. The second kappa shape index (κ2) is 5.83. The van der Waals surface area contributed by atoms with Crippen LogP contribution in [0.2, 0.25) is 0 Å². The van der Waals surface area contributed by atoms with Crippen LogP contribution in [0.1, 0.15) is 29.3 Å². The van der Waals surface area contributed by atoms with E-state index in [-0.39, 0.29) is 11.3 Å². The van der Waals surface area contributed by atoms with E-state index in [9.17, 15) is 13.2 Å². The summed E-state index contributed by atoms with van der Waals surface area (Å²) >= 11 is 0. The molecule has 0 atom stereocenters. The number of hydrogen-bond acceptors (Lipinski definition) is 3. The molecule has 0 aliphatic rings. The Balaban J connectivity index is 2.96. The lowest BCUT2D eigenvalue weighted by Crippen LogP contribution is -2.31. The van der Waals surface area contributed by atoms with E-state index in [1.807, 2.05) is 6.92 Å². The number of carbonyl (C=O) groups is 1. The van der Waals surface area contributed by atoms with E-state index in [0.717, 1.165) is 0 Å². The minimum absolute atomic E-state index is 0.0359. The minimum atomic E-state index is -3.65. The third kappa shape index (κ3) is 4.01. The van der Waals surface area contributed by atoms with Crippen LogP contribution in [0.4, 0.5) is 5.69 Å². The monoisotopic (exact) mass is 272 g/mol. The summed E-state index contributed by atoms with van der Waals surface area (Å²) in [6.45, 7) is 3.87. The van der Waals surface area contributed by atoms with Crippen LogP contribution >= 0.6 is 0 Å². The van der Waals surface area contributed by atoms with Crippen molar-refractivity contribution < 1.29 is 18.3 Å². The molecular formula is C11H16N2O4S. The molecular weight excluding hydrogens is 256 g/mol. The third-order valence-corrected chi connectivity index (χ3v) is 3.34. The highest BCUT2D eigenvalue weighted by Gasteiger charge is 2.12. The second-order valence-electron chi connectivity index (χ2n) is 3.83. The Kier molecular flexibility index (Phi) is 4.69. The first-order chi connectivity index (χ1) is 8.35. The van der Waals surface area contributed by atoms with Gasteiger partial charge in [-0.05, 0) is 31.0 Å². The maximum atomic E-state index is 11.6. The number of carboxylic acid groups (broad SMARTS) is 1. The average molecular weight is 272 g/mol. The number of rotatable bonds is 6. The fraction of sp³-hybridized carbons (Fsp3) is 0.364. The number of anilines is 1. The summed E-state index contributed by atoms with van der Waals surface area (Å²) < 4.78 is 27.9. The quantitative estimate of drug-likeness (QED) is 0.728. The van der Waals surface area contributed by atoms with Gasteiger partial charge in [0.05, 0.1) is 11.3 Å². The van der Waals surface area contributed by atoms with Gasteiger partial charge in [-0.1, -0.05) is 13.0 Å². The van der Waals surface area contributed by atoms with E-state index in [4.69, 9.17) is 5.11 Å². The SMILES string of the molecule is CCCNS(=O)(=O)Nc1cc(C(=O)O)ccc1C. The van der Waals surface area contributed by atoms with Crippen molar-refractivity contribution in [2.75, 3.05) is 11.3 Å². The molecule has 0 aliphatic carbocycles. The zero-order chi connectivity index (χ0) is 13.8. The molecule has 0 saturated heterocycles. The molecule has 1 aromatic carbocycles. The normalized spacial score (nSPS) is 11.2. The Morgan fingerprint density at radius 2 is 2.06 bits per heavy atom. The predicted octanol–water partition coefficient (Wildman–Crippen LogP) is 1.35. The molecule has 0 spiro atoms. The maximum absolute atomic E-state index is 11.6. The molecule has 18 heavy (non-hydrogen) atoms. The largest absolute Gasteiger partial charge is 0.478 e. The summed E-state index contributed by atoms with van der Waals surface area (Å²) in [5, 5.41) is 8.85. The van der Waals surface area contributed by atoms with Crippen molar-refractivity contribution in [2.45, 2.75) is 20.3 Å². The van der Waals surface area contributed by atoms with Crippen LogP contribution in [0.5, 0.6) is 0 Å². The van der Waals surface area contributed by atoms with Gasteiger partial charge in [-0.3, -0.25) is 4.72 Å². The average Bonchev–Trinajstić information content (AvgIpc) is 2.29. The van der Waals surface area contributed by atoms with Gasteiger partial charge >= 0.3 is 5.97 Å². The van der Waals surface area contributed by atoms with Crippen molar-refractivity contribution in [3.63, 3.8) is 0 Å². The van der Waals surface area contributed by atoms with Crippen molar-refractivity contribution in [3.8, 4) is 0 Å². The second-order valence-corrected chi connectivity index (χ2v) is 5.33. The lowest BCUT2D eigenvalue weighted by molar-refractivity contribution is 0.0697. The van der Waals surface area contributed by atoms with Gasteiger partial charge in [-0.15, -0.1) is 0 Å². The zero-order valence-corrected chi connectivity index (χ0v) is 11.0. The topological polar surface area (TPSA) is 95.5 Å². The van der Waals surface area contributed by atoms with Crippen molar-refractivity contribution in [1.29, 1.82) is 0 Å². The molecule has 0 unspecified atom stereocenters. The van der Waals surface area contributed by atoms with Crippen LogP contribution in [0.3, 0.4) is 0 Å². The van der Waals surface area contributed by atoms with Crippen LogP contribution in [0.25, 0.3) is 0 Å². The van der Waals surface area contributed by atoms with Crippen LogP contribution in [-0.2, 0) is 10.2 Å². The fourth-order valence-corrected chi connectivity index (χ4v) is 2.34. The molecule has 0 aliphatic heterocycles. The number of carboxylic acids is 1. The first-order valence-electron chi connectivity index (χ1n) is 5.47. The number of aromatic carboxylic acids is 1. The van der Waals surface area contributed by atoms with E-state index in [0.29, 0.717) is 18.5 Å². The van der Waals surface area contributed by atoms with Crippen molar-refractivity contribution in [3.05, 3.63) is 29.3 Å². The van der Waals surface area contributed by atoms with Gasteiger partial charge in [0.2, 0.25) is 0 Å². The minimum Gasteiger partial charge on any atom is -0.478 e. The molecule has 0 saturated carbocycles. The molecule has 1 rings (SSSR count). The molecule has 1 aromatic rings. The summed E-state index contributed by atoms with van der Waals surface area (Å²) in [5.74, 6) is -1.10. The molecule has 0 bridgehead atoms. The van der Waals surface area contributed by atoms with Crippen LogP contribution < -0.4 is 9.44 Å². The molecule has 6 nitrogen and oxygen atoms in total. The Bertz CT molecular complexity index is 540. The number of nitrogens with one attached hydrogen (secondary N) is 2. The predicted molar refractivity (Wildman–Crippen MR) is 69.0 cm³/mol. The maximum Gasteiger partial charge on any atom is 0.335 e. The van der Waals surface area contributed by atoms with E-state index in [1.54, 1.807) is 13.0 Å². The van der Waals surface area contributed by atoms with Gasteiger partial charge in [0.25, 0.3) is 10.2 Å². The summed E-state index contributed by atoms with van der Waals surface area (Å²) in [6.07, 6.45) is 0.676. The van der Waals surface area contributed by atoms with Gasteiger partial charge in [-0.2, -0.15) is 13.1 Å². The smallest absolute Gasteiger partial charge is 0.335 e. The number of hydrogen-bond donors (Lipinski definition) is 3. The van der Waals surface area contributed by atoms with Crippen LogP contribution in [0, 0.1) is 6.92 Å². The highest BCUT2D eigenvalue weighted by Crippen LogP contribution is 2.17. The van der Waals surface area contributed by atoms with Crippen molar-refractivity contribution in [2.24, 2.45) is 0 Å². The van der Waals surface area contributed by atoms with E-state index >= 15 is 0 Å². The molecule has 3 N–H and O–H groups in total. The fourth-order valence-electron chi connectivity index (χ4n) is 1.28. The molecule has 0 fully saturated rings. The van der Waals surface area contributed by atoms with Crippen molar-refractivity contribution >= 4 is 21.9 Å². The van der Waals surface area contributed by atoms with Crippen LogP contribution in [-0.4, -0.2) is 26.0 Å². The molecule has 0 radical (unpaired) electrons. The third-order valence-electron chi connectivity index (χ3n) is 2.27. The lowest BCUT2D eigenvalue weighted by Gasteiger charge is -2.11. The van der Waals surface area contributed by atoms with Gasteiger partial charge in [0, 0.05) is 6.54 Å². The highest BCUT2D eigenvalue weighted by molar-refractivity contribution is 7.90. The summed E-state index contributed by atoms with van der Waals surface area (Å²) in [4.78, 5) is 10.8. The molecule has 0 amide bonds. The number of benzene rings is 1. The summed E-state index contributed by atoms with van der Waals surface area (Å²) in [7, 11) is -3.65. The Morgan fingerprint density at radius 3 is 2.61 bits per heavy atom. The molecule has 0 heterocycles. The summed E-state index contributed by atoms with van der Waals surface area (Å²) in [5.41, 5.74) is 0.953. The van der Waals surface area contributed by atoms with Gasteiger partial charge in [0.1, 0.15) is 0 Å². The van der Waals surface area contributed by atoms with Gasteiger partial charge < -0.3 is 5.11 Å². The van der Waals surface area contributed by atoms with Gasteiger partial charge in [0.15, 0.2) is 0 Å². The molecule has 0 aromatic heterocycles. The zero-order valence-electron chi connectivity index (χ0n) is 10.2. The standard InChI is InChI=1S/C11H16N2O4S/c1-3-6-12-18(16,17)13-10-7-9(11(14)15)5-4-8(10)2/h4-5,7,12-13H,3,6H2,1-2H3,(H,14,15). The van der Waals surface area contributed by atoms with Crippen molar-refractivity contribution in [1.82, 2.24) is 4.72 Å². The number of aryl methyl sites for hydroxylation is 1. The van der Waals surface area contributed by atoms with E-state index in [1.165, 1.54) is 12.1 Å². The molecule has 100 valence electrons. The van der Waals surface area contributed by atoms with E-state index < -0.39 is 16.2 Å². The first kappa shape index (κ1) is 14.5. The highest BCUT2D eigenvalue weighted by atomic mass is 32.2. The Morgan fingerprint density at radius 1 is 1.39 bits per heavy atom. The Hall–Kier alpha value is -1.60. The summed E-state index contributed by atoms with van der Waals surface area (Å²) in [6, 6.07) is 4.28.